The molecule has 1 aliphatic heterocycles. The maximum atomic E-state index is 12.9. The van der Waals surface area contributed by atoms with E-state index in [2.05, 4.69) is 4.90 Å². The lowest BCUT2D eigenvalue weighted by Crippen LogP contribution is -2.42. The van der Waals surface area contributed by atoms with Crippen molar-refractivity contribution in [2.45, 2.75) is 30.2 Å². The largest absolute Gasteiger partial charge is 0.305 e. The number of alkyl halides is 1. The summed E-state index contributed by atoms with van der Waals surface area (Å²) in [5.74, 6) is 0.206. The number of nitrogens with zero attached hydrogens (tertiary/aromatic N) is 2. The second-order valence-electron chi connectivity index (χ2n) is 5.32. The summed E-state index contributed by atoms with van der Waals surface area (Å²) in [4.78, 5) is 2.51. The number of benzene rings is 1. The van der Waals surface area contributed by atoms with Gasteiger partial charge in [0.05, 0.1) is 4.90 Å². The van der Waals surface area contributed by atoms with Crippen molar-refractivity contribution in [2.24, 2.45) is 0 Å². The first-order valence-electron chi connectivity index (χ1n) is 6.81. The Bertz CT molecular complexity index is 562. The highest BCUT2D eigenvalue weighted by Crippen LogP contribution is 2.24. The molecule has 4 nitrogen and oxygen atoms in total. The molecule has 1 fully saturated rings. The van der Waals surface area contributed by atoms with Gasteiger partial charge in [0.15, 0.2) is 0 Å². The van der Waals surface area contributed by atoms with Crippen molar-refractivity contribution in [3.05, 3.63) is 29.8 Å². The van der Waals surface area contributed by atoms with Crippen molar-refractivity contribution in [1.29, 1.82) is 0 Å². The first-order chi connectivity index (χ1) is 9.46. The van der Waals surface area contributed by atoms with Crippen molar-refractivity contribution in [3.8, 4) is 0 Å². The highest BCUT2D eigenvalue weighted by Gasteiger charge is 2.32. The van der Waals surface area contributed by atoms with Gasteiger partial charge in [-0.05, 0) is 38.6 Å². The van der Waals surface area contributed by atoms with Gasteiger partial charge in [0.1, 0.15) is 0 Å². The first-order valence-corrected chi connectivity index (χ1v) is 8.78. The van der Waals surface area contributed by atoms with Crippen LogP contribution in [0, 0.1) is 0 Å². The fraction of sp³-hybridized carbons (Fsp3) is 0.571. The normalized spacial score (nSPS) is 22.6. The topological polar surface area (TPSA) is 40.6 Å². The summed E-state index contributed by atoms with van der Waals surface area (Å²) < 4.78 is 27.4. The predicted octanol–water partition coefficient (Wildman–Crippen LogP) is 2.14. The molecule has 1 aliphatic rings. The average Bonchev–Trinajstić information content (AvgIpc) is 2.59. The standard InChI is InChI=1S/C14H21ClN2O2S/c1-12-11-16(2)8-5-9-17(12)20(18,19)14-7-4-3-6-13(14)10-15/h3-4,6-7,12H,5,8-11H2,1-2H3. The van der Waals surface area contributed by atoms with E-state index < -0.39 is 10.0 Å². The maximum absolute atomic E-state index is 12.9. The molecule has 1 aromatic rings. The van der Waals surface area contributed by atoms with Crippen LogP contribution in [0.25, 0.3) is 0 Å². The van der Waals surface area contributed by atoms with E-state index in [4.69, 9.17) is 11.6 Å². The number of rotatable bonds is 3. The van der Waals surface area contributed by atoms with Crippen LogP contribution in [0.1, 0.15) is 18.9 Å². The van der Waals surface area contributed by atoms with Crippen molar-refractivity contribution in [2.75, 3.05) is 26.7 Å². The Kier molecular flexibility index (Phi) is 5.07. The molecule has 1 saturated heterocycles. The van der Waals surface area contributed by atoms with E-state index in [9.17, 15) is 8.42 Å². The molecular formula is C14H21ClN2O2S. The SMILES string of the molecule is CC1CN(C)CCCN1S(=O)(=O)c1ccccc1CCl. The molecule has 0 amide bonds. The summed E-state index contributed by atoms with van der Waals surface area (Å²) in [6.07, 6.45) is 0.850. The van der Waals surface area contributed by atoms with E-state index in [1.165, 1.54) is 0 Å². The molecule has 0 aromatic heterocycles. The van der Waals surface area contributed by atoms with Gasteiger partial charge in [-0.2, -0.15) is 4.31 Å². The van der Waals surface area contributed by atoms with Crippen molar-refractivity contribution in [1.82, 2.24) is 9.21 Å². The quantitative estimate of drug-likeness (QED) is 0.802. The molecule has 0 spiro atoms. The Morgan fingerprint density at radius 1 is 1.30 bits per heavy atom. The number of halogens is 1. The molecular weight excluding hydrogens is 296 g/mol. The molecule has 0 bridgehead atoms. The summed E-state index contributed by atoms with van der Waals surface area (Å²) in [5, 5.41) is 0. The van der Waals surface area contributed by atoms with Crippen LogP contribution in [0.2, 0.25) is 0 Å². The molecule has 0 N–H and O–H groups in total. The molecule has 2 rings (SSSR count). The summed E-state index contributed by atoms with van der Waals surface area (Å²) in [6.45, 7) is 4.20. The Morgan fingerprint density at radius 2 is 2.00 bits per heavy atom. The van der Waals surface area contributed by atoms with Crippen LogP contribution in [0.5, 0.6) is 0 Å². The van der Waals surface area contributed by atoms with E-state index in [1.807, 2.05) is 20.0 Å². The van der Waals surface area contributed by atoms with E-state index in [0.717, 1.165) is 19.5 Å². The zero-order valence-corrected chi connectivity index (χ0v) is 13.5. The van der Waals surface area contributed by atoms with Crippen LogP contribution in [0.4, 0.5) is 0 Å². The minimum Gasteiger partial charge on any atom is -0.305 e. The Hall–Kier alpha value is -0.620. The highest BCUT2D eigenvalue weighted by molar-refractivity contribution is 7.89. The molecule has 1 heterocycles. The van der Waals surface area contributed by atoms with Crippen LogP contribution in [0.3, 0.4) is 0 Å². The fourth-order valence-electron chi connectivity index (χ4n) is 2.70. The molecule has 0 saturated carbocycles. The second-order valence-corrected chi connectivity index (χ2v) is 7.45. The van der Waals surface area contributed by atoms with Crippen LogP contribution < -0.4 is 0 Å². The molecule has 20 heavy (non-hydrogen) atoms. The average molecular weight is 317 g/mol. The van der Waals surface area contributed by atoms with Crippen molar-refractivity contribution >= 4 is 21.6 Å². The smallest absolute Gasteiger partial charge is 0.243 e. The van der Waals surface area contributed by atoms with Gasteiger partial charge < -0.3 is 4.90 Å². The number of hydrogen-bond donors (Lipinski definition) is 0. The number of sulfonamides is 1. The molecule has 1 unspecified atom stereocenters. The van der Waals surface area contributed by atoms with Gasteiger partial charge in [-0.3, -0.25) is 0 Å². The van der Waals surface area contributed by atoms with Crippen molar-refractivity contribution in [3.63, 3.8) is 0 Å². The summed E-state index contributed by atoms with van der Waals surface area (Å²) in [7, 11) is -1.45. The predicted molar refractivity (Wildman–Crippen MR) is 81.5 cm³/mol. The number of likely N-dealkylation sites (N-methyl/N-ethyl adjacent to an activating group) is 1. The van der Waals surface area contributed by atoms with Crippen LogP contribution in [-0.2, 0) is 15.9 Å². The zero-order valence-electron chi connectivity index (χ0n) is 11.9. The van der Waals surface area contributed by atoms with E-state index in [0.29, 0.717) is 17.0 Å². The van der Waals surface area contributed by atoms with Gasteiger partial charge in [0.2, 0.25) is 10.0 Å². The Labute approximate surface area is 126 Å². The first kappa shape index (κ1) is 15.8. The minimum absolute atomic E-state index is 0.0316. The summed E-state index contributed by atoms with van der Waals surface area (Å²) >= 11 is 5.88. The Morgan fingerprint density at radius 3 is 2.70 bits per heavy atom. The minimum atomic E-state index is -3.48. The van der Waals surface area contributed by atoms with Gasteiger partial charge in [0.25, 0.3) is 0 Å². The van der Waals surface area contributed by atoms with Gasteiger partial charge in [-0.1, -0.05) is 18.2 Å². The van der Waals surface area contributed by atoms with Gasteiger partial charge in [0, 0.05) is 25.0 Å². The maximum Gasteiger partial charge on any atom is 0.243 e. The lowest BCUT2D eigenvalue weighted by molar-refractivity contribution is 0.290. The fourth-order valence-corrected chi connectivity index (χ4v) is 4.90. The third-order valence-electron chi connectivity index (χ3n) is 3.69. The molecule has 112 valence electrons. The molecule has 1 aromatic carbocycles. The van der Waals surface area contributed by atoms with Gasteiger partial charge in [-0.15, -0.1) is 11.6 Å². The Balaban J connectivity index is 2.38. The lowest BCUT2D eigenvalue weighted by atomic mass is 10.2. The molecule has 0 aliphatic carbocycles. The van der Waals surface area contributed by atoms with Crippen LogP contribution in [0.15, 0.2) is 29.2 Å². The van der Waals surface area contributed by atoms with E-state index in [-0.39, 0.29) is 11.9 Å². The monoisotopic (exact) mass is 316 g/mol. The summed E-state index contributed by atoms with van der Waals surface area (Å²) in [6, 6.07) is 6.95. The third kappa shape index (κ3) is 3.17. The summed E-state index contributed by atoms with van der Waals surface area (Å²) in [5.41, 5.74) is 0.666. The second kappa shape index (κ2) is 6.43. The molecule has 1 atom stereocenters. The zero-order chi connectivity index (χ0) is 14.8. The van der Waals surface area contributed by atoms with Crippen molar-refractivity contribution < 1.29 is 8.42 Å². The van der Waals surface area contributed by atoms with Gasteiger partial charge in [-0.25, -0.2) is 8.42 Å². The van der Waals surface area contributed by atoms with Crippen LogP contribution >= 0.6 is 11.6 Å². The third-order valence-corrected chi connectivity index (χ3v) is 6.09. The van der Waals surface area contributed by atoms with E-state index >= 15 is 0 Å². The highest BCUT2D eigenvalue weighted by atomic mass is 35.5. The van der Waals surface area contributed by atoms with Gasteiger partial charge >= 0.3 is 0 Å². The molecule has 0 radical (unpaired) electrons. The van der Waals surface area contributed by atoms with Crippen LogP contribution in [-0.4, -0.2) is 50.3 Å². The molecule has 6 heteroatoms. The van der Waals surface area contributed by atoms with E-state index in [1.54, 1.807) is 22.5 Å². The number of hydrogen-bond acceptors (Lipinski definition) is 3. The lowest BCUT2D eigenvalue weighted by Gasteiger charge is -2.27.